The molecule has 0 atom stereocenters. The maximum Gasteiger partial charge on any atom is 0.259 e. The molecule has 10 heteroatoms. The molecule has 4 rings (SSSR count). The maximum absolute atomic E-state index is 13.5. The number of nitrogens with zero attached hydrogens (tertiary/aromatic N) is 2. The average Bonchev–Trinajstić information content (AvgIpc) is 3.22. The zero-order chi connectivity index (χ0) is 23.8. The monoisotopic (exact) mass is 471 g/mol. The van der Waals surface area contributed by atoms with E-state index in [1.54, 1.807) is 0 Å². The number of sulfone groups is 1. The molecule has 0 spiro atoms. The predicted octanol–water partition coefficient (Wildman–Crippen LogP) is 4.61. The van der Waals surface area contributed by atoms with Gasteiger partial charge >= 0.3 is 0 Å². The van der Waals surface area contributed by atoms with Crippen LogP contribution in [-0.4, -0.2) is 30.4 Å². The number of hydrogen-bond acceptors (Lipinski definition) is 4. The molecule has 0 aliphatic heterocycles. The number of nitrogens with one attached hydrogen (secondary N) is 1. The van der Waals surface area contributed by atoms with Gasteiger partial charge in [0.2, 0.25) is 0 Å². The number of benzene rings is 3. The van der Waals surface area contributed by atoms with Gasteiger partial charge in [-0.2, -0.15) is 5.10 Å². The smallest absolute Gasteiger partial charge is 0.259 e. The van der Waals surface area contributed by atoms with Crippen molar-refractivity contribution in [3.05, 3.63) is 95.9 Å². The third-order valence-corrected chi connectivity index (χ3v) is 5.91. The van der Waals surface area contributed by atoms with Crippen LogP contribution in [0.2, 0.25) is 0 Å². The highest BCUT2D eigenvalue weighted by atomic mass is 32.2. The maximum atomic E-state index is 13.5. The summed E-state index contributed by atoms with van der Waals surface area (Å²) in [5, 5.41) is 6.91. The number of halogens is 3. The van der Waals surface area contributed by atoms with Crippen LogP contribution in [0.5, 0.6) is 0 Å². The summed E-state index contributed by atoms with van der Waals surface area (Å²) in [4.78, 5) is 13.1. The number of amides is 1. The minimum absolute atomic E-state index is 0.0341. The van der Waals surface area contributed by atoms with E-state index in [1.807, 2.05) is 0 Å². The van der Waals surface area contributed by atoms with Crippen LogP contribution in [0.4, 0.5) is 18.9 Å². The third-order valence-electron chi connectivity index (χ3n) is 4.78. The Hall–Kier alpha value is -3.92. The third kappa shape index (κ3) is 4.80. The molecule has 0 radical (unpaired) electrons. The summed E-state index contributed by atoms with van der Waals surface area (Å²) >= 11 is 0. The first-order chi connectivity index (χ1) is 15.6. The number of rotatable bonds is 5. The van der Waals surface area contributed by atoms with Crippen molar-refractivity contribution in [2.45, 2.75) is 4.90 Å². The molecule has 0 aliphatic rings. The number of carbonyl (C=O) groups excluding carboxylic acids is 1. The normalized spacial score (nSPS) is 11.4. The molecule has 0 saturated carbocycles. The summed E-state index contributed by atoms with van der Waals surface area (Å²) in [5.74, 6) is -3.27. The van der Waals surface area contributed by atoms with E-state index < -0.39 is 33.2 Å². The fourth-order valence-electron chi connectivity index (χ4n) is 3.11. The topological polar surface area (TPSA) is 81.1 Å². The summed E-state index contributed by atoms with van der Waals surface area (Å²) in [6.07, 6.45) is 2.48. The van der Waals surface area contributed by atoms with Crippen LogP contribution in [0.1, 0.15) is 10.4 Å². The zero-order valence-corrected chi connectivity index (χ0v) is 17.9. The largest absolute Gasteiger partial charge is 0.322 e. The van der Waals surface area contributed by atoms with Crippen molar-refractivity contribution in [2.75, 3.05) is 11.6 Å². The van der Waals surface area contributed by atoms with Gasteiger partial charge in [0, 0.05) is 29.8 Å². The fourth-order valence-corrected chi connectivity index (χ4v) is 3.74. The van der Waals surface area contributed by atoms with E-state index in [0.29, 0.717) is 11.3 Å². The van der Waals surface area contributed by atoms with Gasteiger partial charge in [-0.3, -0.25) is 4.79 Å². The molecule has 0 fully saturated rings. The summed E-state index contributed by atoms with van der Waals surface area (Å²) in [5.41, 5.74) is 1.23. The predicted molar refractivity (Wildman–Crippen MR) is 116 cm³/mol. The molecule has 3 aromatic carbocycles. The van der Waals surface area contributed by atoms with Gasteiger partial charge in [0.15, 0.2) is 21.5 Å². The van der Waals surface area contributed by atoms with E-state index in [-0.39, 0.29) is 21.8 Å². The number of aromatic nitrogens is 2. The molecule has 0 unspecified atom stereocenters. The van der Waals surface area contributed by atoms with Gasteiger partial charge in [0.25, 0.3) is 5.91 Å². The quantitative estimate of drug-likeness (QED) is 0.461. The van der Waals surface area contributed by atoms with E-state index in [9.17, 15) is 26.4 Å². The number of carbonyl (C=O) groups is 1. The molecular weight excluding hydrogens is 455 g/mol. The molecule has 1 amide bonds. The average molecular weight is 471 g/mol. The van der Waals surface area contributed by atoms with E-state index in [1.165, 1.54) is 65.5 Å². The first-order valence-corrected chi connectivity index (χ1v) is 11.4. The van der Waals surface area contributed by atoms with Gasteiger partial charge < -0.3 is 5.32 Å². The van der Waals surface area contributed by atoms with Crippen molar-refractivity contribution >= 4 is 21.4 Å². The second-order valence-corrected chi connectivity index (χ2v) is 9.21. The summed E-state index contributed by atoms with van der Waals surface area (Å²) < 4.78 is 64.9. The number of anilines is 1. The Labute approximate surface area is 187 Å². The molecule has 0 aliphatic carbocycles. The Morgan fingerprint density at radius 1 is 0.909 bits per heavy atom. The Morgan fingerprint density at radius 3 is 2.18 bits per heavy atom. The highest BCUT2D eigenvalue weighted by molar-refractivity contribution is 7.90. The molecule has 6 nitrogen and oxygen atoms in total. The van der Waals surface area contributed by atoms with Crippen LogP contribution in [0.3, 0.4) is 0 Å². The molecule has 0 saturated heterocycles. The van der Waals surface area contributed by atoms with Crippen LogP contribution < -0.4 is 5.32 Å². The lowest BCUT2D eigenvalue weighted by Gasteiger charge is -2.06. The van der Waals surface area contributed by atoms with E-state index in [2.05, 4.69) is 10.4 Å². The molecule has 1 N–H and O–H groups in total. The molecular formula is C23H16F3N3O3S. The Bertz CT molecular complexity index is 1450. The standard InChI is InChI=1S/C23H16F3N3O3S/c1-33(31,32)18-9-2-14(3-10-18)22-19(13-29(28-22)17-7-4-15(24)5-8-17)23(30)27-16-6-11-20(25)21(26)12-16/h2-13H,1H3,(H,27,30). The van der Waals surface area contributed by atoms with Crippen molar-refractivity contribution < 1.29 is 26.4 Å². The van der Waals surface area contributed by atoms with Crippen molar-refractivity contribution in [1.29, 1.82) is 0 Å². The van der Waals surface area contributed by atoms with Crippen molar-refractivity contribution in [3.63, 3.8) is 0 Å². The van der Waals surface area contributed by atoms with Crippen molar-refractivity contribution in [2.24, 2.45) is 0 Å². The van der Waals surface area contributed by atoms with Gasteiger partial charge in [0.05, 0.1) is 16.1 Å². The lowest BCUT2D eigenvalue weighted by molar-refractivity contribution is 0.102. The van der Waals surface area contributed by atoms with Crippen LogP contribution in [0, 0.1) is 17.5 Å². The van der Waals surface area contributed by atoms with Gasteiger partial charge in [-0.05, 0) is 48.5 Å². The van der Waals surface area contributed by atoms with Crippen LogP contribution in [0.15, 0.2) is 77.8 Å². The zero-order valence-electron chi connectivity index (χ0n) is 17.1. The van der Waals surface area contributed by atoms with E-state index >= 15 is 0 Å². The second-order valence-electron chi connectivity index (χ2n) is 7.19. The van der Waals surface area contributed by atoms with Crippen LogP contribution >= 0.6 is 0 Å². The van der Waals surface area contributed by atoms with Crippen molar-refractivity contribution in [1.82, 2.24) is 9.78 Å². The van der Waals surface area contributed by atoms with Crippen LogP contribution in [-0.2, 0) is 9.84 Å². The lowest BCUT2D eigenvalue weighted by atomic mass is 10.1. The van der Waals surface area contributed by atoms with E-state index in [4.69, 9.17) is 0 Å². The number of hydrogen-bond donors (Lipinski definition) is 1. The van der Waals surface area contributed by atoms with Gasteiger partial charge in [-0.1, -0.05) is 12.1 Å². The molecule has 1 heterocycles. The second kappa shape index (κ2) is 8.55. The van der Waals surface area contributed by atoms with Crippen LogP contribution in [0.25, 0.3) is 16.9 Å². The Kier molecular flexibility index (Phi) is 5.77. The van der Waals surface area contributed by atoms with Gasteiger partial charge in [-0.25, -0.2) is 26.3 Å². The Morgan fingerprint density at radius 2 is 1.58 bits per heavy atom. The molecule has 168 valence electrons. The molecule has 0 bridgehead atoms. The van der Waals surface area contributed by atoms with E-state index in [0.717, 1.165) is 18.4 Å². The first kappa shape index (κ1) is 22.3. The minimum atomic E-state index is -3.42. The summed E-state index contributed by atoms with van der Waals surface area (Å²) in [6.45, 7) is 0. The molecule has 4 aromatic rings. The van der Waals surface area contributed by atoms with Crippen molar-refractivity contribution in [3.8, 4) is 16.9 Å². The molecule has 1 aromatic heterocycles. The van der Waals surface area contributed by atoms with Gasteiger partial charge in [0.1, 0.15) is 11.5 Å². The minimum Gasteiger partial charge on any atom is -0.322 e. The highest BCUT2D eigenvalue weighted by Crippen LogP contribution is 2.26. The SMILES string of the molecule is CS(=O)(=O)c1ccc(-c2nn(-c3ccc(F)cc3)cc2C(=O)Nc2ccc(F)c(F)c2)cc1. The van der Waals surface area contributed by atoms with Gasteiger partial charge in [-0.15, -0.1) is 0 Å². The highest BCUT2D eigenvalue weighted by Gasteiger charge is 2.20. The summed E-state index contributed by atoms with van der Waals surface area (Å²) in [7, 11) is -3.42. The first-order valence-electron chi connectivity index (χ1n) is 9.54. The Balaban J connectivity index is 1.77. The summed E-state index contributed by atoms with van der Waals surface area (Å²) in [6, 6.07) is 14.1. The fraction of sp³-hybridized carbons (Fsp3) is 0.0435. The molecule has 33 heavy (non-hydrogen) atoms. The lowest BCUT2D eigenvalue weighted by Crippen LogP contribution is -2.12.